The lowest BCUT2D eigenvalue weighted by molar-refractivity contribution is 0.0378. The Morgan fingerprint density at radius 2 is 2.23 bits per heavy atom. The molecule has 1 atom stereocenters. The van der Waals surface area contributed by atoms with E-state index in [1.807, 2.05) is 6.92 Å². The Morgan fingerprint density at radius 1 is 1.62 bits per heavy atom. The number of rotatable bonds is 3. The SMILES string of the molecule is CCCC(C)(O)c1c(Br)nnn1C. The summed E-state index contributed by atoms with van der Waals surface area (Å²) in [5.41, 5.74) is -0.124. The smallest absolute Gasteiger partial charge is 0.154 e. The maximum absolute atomic E-state index is 10.1. The Hall–Kier alpha value is -0.420. The van der Waals surface area contributed by atoms with E-state index in [0.29, 0.717) is 11.0 Å². The normalized spacial score (nSPS) is 15.8. The first-order valence-electron chi connectivity index (χ1n) is 4.27. The molecule has 0 aromatic carbocycles. The molecule has 1 heterocycles. The van der Waals surface area contributed by atoms with E-state index in [-0.39, 0.29) is 0 Å². The van der Waals surface area contributed by atoms with E-state index in [1.54, 1.807) is 18.7 Å². The van der Waals surface area contributed by atoms with Crippen LogP contribution in [0.5, 0.6) is 0 Å². The van der Waals surface area contributed by atoms with Crippen LogP contribution < -0.4 is 0 Å². The molecule has 0 saturated carbocycles. The molecule has 1 rings (SSSR count). The summed E-state index contributed by atoms with van der Waals surface area (Å²) in [5.74, 6) is 0. The Bertz CT molecular complexity index is 276. The second kappa shape index (κ2) is 3.75. The lowest BCUT2D eigenvalue weighted by Gasteiger charge is -2.22. The average Bonchev–Trinajstić information content (AvgIpc) is 2.31. The van der Waals surface area contributed by atoms with Gasteiger partial charge < -0.3 is 5.11 Å². The van der Waals surface area contributed by atoms with E-state index in [1.165, 1.54) is 0 Å². The molecule has 0 radical (unpaired) electrons. The highest BCUT2D eigenvalue weighted by Gasteiger charge is 2.29. The third kappa shape index (κ3) is 2.08. The molecule has 0 amide bonds. The maximum Gasteiger partial charge on any atom is 0.154 e. The first kappa shape index (κ1) is 10.7. The number of halogens is 1. The highest BCUT2D eigenvalue weighted by Crippen LogP contribution is 2.29. The predicted octanol–water partition coefficient (Wildman–Crippen LogP) is 1.59. The van der Waals surface area contributed by atoms with Crippen LogP contribution in [0.1, 0.15) is 32.4 Å². The molecule has 0 fully saturated rings. The molecule has 0 bridgehead atoms. The molecule has 1 aromatic heterocycles. The minimum Gasteiger partial charge on any atom is -0.384 e. The summed E-state index contributed by atoms with van der Waals surface area (Å²) in [6, 6.07) is 0. The van der Waals surface area contributed by atoms with E-state index in [0.717, 1.165) is 12.1 Å². The highest BCUT2D eigenvalue weighted by molar-refractivity contribution is 9.10. The quantitative estimate of drug-likeness (QED) is 0.883. The number of aromatic nitrogens is 3. The standard InChI is InChI=1S/C8H14BrN3O/c1-4-5-8(2,13)6-7(9)10-11-12(6)3/h13H,4-5H2,1-3H3. The molecule has 0 aliphatic heterocycles. The molecule has 0 spiro atoms. The topological polar surface area (TPSA) is 50.9 Å². The van der Waals surface area contributed by atoms with Gasteiger partial charge in [0.25, 0.3) is 0 Å². The van der Waals surface area contributed by atoms with Crippen LogP contribution >= 0.6 is 15.9 Å². The van der Waals surface area contributed by atoms with Gasteiger partial charge >= 0.3 is 0 Å². The molecule has 4 nitrogen and oxygen atoms in total. The van der Waals surface area contributed by atoms with Gasteiger partial charge in [0, 0.05) is 7.05 Å². The number of hydrogen-bond acceptors (Lipinski definition) is 3. The number of aryl methyl sites for hydroxylation is 1. The molecule has 5 heteroatoms. The van der Waals surface area contributed by atoms with Gasteiger partial charge in [0.15, 0.2) is 4.60 Å². The number of nitrogens with zero attached hydrogens (tertiary/aromatic N) is 3. The van der Waals surface area contributed by atoms with Crippen molar-refractivity contribution in [2.75, 3.05) is 0 Å². The Labute approximate surface area is 86.1 Å². The minimum atomic E-state index is -0.855. The van der Waals surface area contributed by atoms with Crippen LogP contribution in [-0.4, -0.2) is 20.1 Å². The summed E-state index contributed by atoms with van der Waals surface area (Å²) in [6.07, 6.45) is 1.62. The van der Waals surface area contributed by atoms with E-state index in [4.69, 9.17) is 0 Å². The summed E-state index contributed by atoms with van der Waals surface area (Å²) in [6.45, 7) is 3.81. The Kier molecular flexibility index (Phi) is 3.08. The zero-order valence-corrected chi connectivity index (χ0v) is 9.67. The third-order valence-corrected chi connectivity index (χ3v) is 2.57. The van der Waals surface area contributed by atoms with Crippen LogP contribution in [0.4, 0.5) is 0 Å². The van der Waals surface area contributed by atoms with Gasteiger partial charge in [-0.15, -0.1) is 5.10 Å². The molecular weight excluding hydrogens is 234 g/mol. The van der Waals surface area contributed by atoms with Gasteiger partial charge in [-0.05, 0) is 29.3 Å². The second-order valence-corrected chi connectivity index (χ2v) is 4.13. The van der Waals surface area contributed by atoms with Gasteiger partial charge in [-0.2, -0.15) is 0 Å². The van der Waals surface area contributed by atoms with Crippen molar-refractivity contribution in [2.45, 2.75) is 32.3 Å². The van der Waals surface area contributed by atoms with Crippen LogP contribution in [0.15, 0.2) is 4.60 Å². The monoisotopic (exact) mass is 247 g/mol. The van der Waals surface area contributed by atoms with Gasteiger partial charge in [0.2, 0.25) is 0 Å². The predicted molar refractivity (Wildman–Crippen MR) is 53.2 cm³/mol. The van der Waals surface area contributed by atoms with Crippen LogP contribution in [0.25, 0.3) is 0 Å². The summed E-state index contributed by atoms with van der Waals surface area (Å²) in [4.78, 5) is 0. The Morgan fingerprint density at radius 3 is 2.62 bits per heavy atom. The fraction of sp³-hybridized carbons (Fsp3) is 0.750. The van der Waals surface area contributed by atoms with Gasteiger partial charge in [-0.1, -0.05) is 18.6 Å². The van der Waals surface area contributed by atoms with Gasteiger partial charge in [-0.25, -0.2) is 4.68 Å². The molecule has 13 heavy (non-hydrogen) atoms. The van der Waals surface area contributed by atoms with Crippen molar-refractivity contribution in [3.8, 4) is 0 Å². The van der Waals surface area contributed by atoms with Crippen molar-refractivity contribution in [2.24, 2.45) is 7.05 Å². The summed E-state index contributed by atoms with van der Waals surface area (Å²) < 4.78 is 2.22. The fourth-order valence-corrected chi connectivity index (χ4v) is 2.26. The molecule has 74 valence electrons. The lowest BCUT2D eigenvalue weighted by atomic mass is 9.97. The van der Waals surface area contributed by atoms with E-state index >= 15 is 0 Å². The number of hydrogen-bond donors (Lipinski definition) is 1. The third-order valence-electron chi connectivity index (χ3n) is 2.03. The van der Waals surface area contributed by atoms with Crippen molar-refractivity contribution in [3.63, 3.8) is 0 Å². The zero-order valence-electron chi connectivity index (χ0n) is 8.08. The van der Waals surface area contributed by atoms with E-state index < -0.39 is 5.60 Å². The summed E-state index contributed by atoms with van der Waals surface area (Å²) >= 11 is 3.27. The first-order chi connectivity index (χ1) is 5.99. The minimum absolute atomic E-state index is 0.619. The average molecular weight is 248 g/mol. The van der Waals surface area contributed by atoms with Crippen LogP contribution in [0.2, 0.25) is 0 Å². The lowest BCUT2D eigenvalue weighted by Crippen LogP contribution is -2.24. The highest BCUT2D eigenvalue weighted by atomic mass is 79.9. The van der Waals surface area contributed by atoms with Crippen molar-refractivity contribution in [1.29, 1.82) is 0 Å². The van der Waals surface area contributed by atoms with E-state index in [2.05, 4.69) is 26.2 Å². The van der Waals surface area contributed by atoms with Crippen molar-refractivity contribution in [3.05, 3.63) is 10.3 Å². The van der Waals surface area contributed by atoms with Crippen LogP contribution in [-0.2, 0) is 12.6 Å². The van der Waals surface area contributed by atoms with Crippen molar-refractivity contribution < 1.29 is 5.11 Å². The van der Waals surface area contributed by atoms with Crippen molar-refractivity contribution in [1.82, 2.24) is 15.0 Å². The molecule has 0 aliphatic rings. The first-order valence-corrected chi connectivity index (χ1v) is 5.06. The maximum atomic E-state index is 10.1. The van der Waals surface area contributed by atoms with Gasteiger partial charge in [0.1, 0.15) is 11.3 Å². The molecule has 0 aliphatic carbocycles. The Balaban J connectivity index is 3.05. The largest absolute Gasteiger partial charge is 0.384 e. The zero-order chi connectivity index (χ0) is 10.1. The molecule has 1 aromatic rings. The van der Waals surface area contributed by atoms with Crippen molar-refractivity contribution >= 4 is 15.9 Å². The van der Waals surface area contributed by atoms with E-state index in [9.17, 15) is 5.11 Å². The molecular formula is C8H14BrN3O. The number of aliphatic hydroxyl groups is 1. The molecule has 0 saturated heterocycles. The van der Waals surface area contributed by atoms with Gasteiger partial charge in [-0.3, -0.25) is 0 Å². The summed E-state index contributed by atoms with van der Waals surface area (Å²) in [7, 11) is 1.78. The van der Waals surface area contributed by atoms with Gasteiger partial charge in [0.05, 0.1) is 0 Å². The summed E-state index contributed by atoms with van der Waals surface area (Å²) in [5, 5.41) is 17.8. The fourth-order valence-electron chi connectivity index (χ4n) is 1.51. The second-order valence-electron chi connectivity index (χ2n) is 3.38. The molecule has 1 N–H and O–H groups in total. The van der Waals surface area contributed by atoms with Crippen LogP contribution in [0.3, 0.4) is 0 Å². The molecule has 1 unspecified atom stereocenters. The van der Waals surface area contributed by atoms with Crippen LogP contribution in [0, 0.1) is 0 Å².